The molecule has 0 atom stereocenters. The second-order valence-electron chi connectivity index (χ2n) is 7.08. The van der Waals surface area contributed by atoms with E-state index in [4.69, 9.17) is 21.1 Å². The molecule has 1 amide bonds. The van der Waals surface area contributed by atoms with Gasteiger partial charge in [0.05, 0.1) is 29.8 Å². The molecule has 0 aromatic heterocycles. The van der Waals surface area contributed by atoms with Crippen molar-refractivity contribution in [3.05, 3.63) is 46.5 Å². The predicted octanol–water partition coefficient (Wildman–Crippen LogP) is 4.09. The molecule has 2 aromatic rings. The van der Waals surface area contributed by atoms with Crippen molar-refractivity contribution in [2.24, 2.45) is 0 Å². The third-order valence-corrected chi connectivity index (χ3v) is 7.32. The number of ether oxygens (including phenoxy) is 2. The van der Waals surface area contributed by atoms with E-state index in [1.165, 1.54) is 30.7 Å². The van der Waals surface area contributed by atoms with Crippen LogP contribution >= 0.6 is 11.6 Å². The lowest BCUT2D eigenvalue weighted by Gasteiger charge is -2.26. The fraction of sp³-hybridized carbons (Fsp3) is 0.381. The zero-order valence-electron chi connectivity index (χ0n) is 17.2. The molecule has 0 spiro atoms. The number of halogens is 1. The minimum absolute atomic E-state index is 0.111. The Kier molecular flexibility index (Phi) is 6.90. The Morgan fingerprint density at radius 2 is 1.70 bits per heavy atom. The Morgan fingerprint density at radius 3 is 2.33 bits per heavy atom. The highest BCUT2D eigenvalue weighted by Crippen LogP contribution is 2.36. The molecule has 9 heteroatoms. The van der Waals surface area contributed by atoms with Crippen molar-refractivity contribution in [3.63, 3.8) is 0 Å². The number of sulfonamides is 1. The van der Waals surface area contributed by atoms with Crippen LogP contribution in [0.25, 0.3) is 0 Å². The lowest BCUT2D eigenvalue weighted by Crippen LogP contribution is -2.35. The molecule has 1 aliphatic rings. The third-order valence-electron chi connectivity index (χ3n) is 5.13. The maximum atomic E-state index is 13.0. The number of rotatable bonds is 6. The summed E-state index contributed by atoms with van der Waals surface area (Å²) in [5, 5.41) is 3.07. The van der Waals surface area contributed by atoms with Crippen LogP contribution in [0.15, 0.2) is 35.2 Å². The first-order valence-electron chi connectivity index (χ1n) is 9.61. The Morgan fingerprint density at radius 1 is 1.03 bits per heavy atom. The maximum absolute atomic E-state index is 13.0. The van der Waals surface area contributed by atoms with E-state index in [9.17, 15) is 13.2 Å². The SMILES string of the molecule is COc1cc(OC)c(NC(=O)c2cc(S(=O)(=O)N3CCCCC3)ccc2C)cc1Cl. The minimum Gasteiger partial charge on any atom is -0.495 e. The summed E-state index contributed by atoms with van der Waals surface area (Å²) in [6.07, 6.45) is 2.72. The fourth-order valence-corrected chi connectivity index (χ4v) is 5.19. The van der Waals surface area contributed by atoms with E-state index >= 15 is 0 Å². The minimum atomic E-state index is -3.65. The first-order chi connectivity index (χ1) is 14.3. The van der Waals surface area contributed by atoms with Gasteiger partial charge < -0.3 is 14.8 Å². The number of hydrogen-bond acceptors (Lipinski definition) is 5. The second-order valence-corrected chi connectivity index (χ2v) is 9.43. The molecule has 7 nitrogen and oxygen atoms in total. The van der Waals surface area contributed by atoms with Gasteiger partial charge >= 0.3 is 0 Å². The van der Waals surface area contributed by atoms with Crippen LogP contribution < -0.4 is 14.8 Å². The Bertz CT molecular complexity index is 1050. The van der Waals surface area contributed by atoms with Crippen molar-refractivity contribution in [2.75, 3.05) is 32.6 Å². The van der Waals surface area contributed by atoms with Crippen LogP contribution in [0.3, 0.4) is 0 Å². The third kappa shape index (κ3) is 4.55. The number of anilines is 1. The van der Waals surface area contributed by atoms with E-state index < -0.39 is 15.9 Å². The van der Waals surface area contributed by atoms with E-state index in [-0.39, 0.29) is 10.5 Å². The van der Waals surface area contributed by atoms with Gasteiger partial charge in [-0.1, -0.05) is 24.1 Å². The van der Waals surface area contributed by atoms with Crippen LogP contribution in [0.1, 0.15) is 35.2 Å². The molecule has 162 valence electrons. The molecule has 1 aliphatic heterocycles. The van der Waals surface area contributed by atoms with E-state index in [1.807, 2.05) is 0 Å². The number of piperidine rings is 1. The standard InChI is InChI=1S/C21H25ClN2O5S/c1-14-7-8-15(30(26,27)24-9-5-4-6-10-24)11-16(14)21(25)23-18-12-17(22)19(28-2)13-20(18)29-3/h7-8,11-13H,4-6,9-10H2,1-3H3,(H,23,25). The molecule has 1 heterocycles. The highest BCUT2D eigenvalue weighted by atomic mass is 35.5. The molecule has 0 bridgehead atoms. The Balaban J connectivity index is 1.92. The van der Waals surface area contributed by atoms with Crippen molar-refractivity contribution in [2.45, 2.75) is 31.1 Å². The maximum Gasteiger partial charge on any atom is 0.256 e. The van der Waals surface area contributed by atoms with Crippen LogP contribution in [-0.2, 0) is 10.0 Å². The molecule has 0 radical (unpaired) electrons. The van der Waals surface area contributed by atoms with Gasteiger partial charge in [0.15, 0.2) is 0 Å². The number of nitrogens with zero attached hydrogens (tertiary/aromatic N) is 1. The quantitative estimate of drug-likeness (QED) is 0.713. The lowest BCUT2D eigenvalue weighted by molar-refractivity contribution is 0.102. The number of amides is 1. The molecule has 2 aromatic carbocycles. The second kappa shape index (κ2) is 9.24. The van der Waals surface area contributed by atoms with Gasteiger partial charge in [0.1, 0.15) is 11.5 Å². The molecular weight excluding hydrogens is 428 g/mol. The average Bonchev–Trinajstić information content (AvgIpc) is 2.74. The number of methoxy groups -OCH3 is 2. The number of aryl methyl sites for hydroxylation is 1. The lowest BCUT2D eigenvalue weighted by atomic mass is 10.1. The van der Waals surface area contributed by atoms with Crippen molar-refractivity contribution in [1.29, 1.82) is 0 Å². The molecule has 0 saturated carbocycles. The van der Waals surface area contributed by atoms with Crippen LogP contribution in [0.2, 0.25) is 5.02 Å². The summed E-state index contributed by atoms with van der Waals surface area (Å²) in [7, 11) is -0.695. The number of benzene rings is 2. The van der Waals surface area contributed by atoms with Gasteiger partial charge in [-0.2, -0.15) is 4.31 Å². The zero-order valence-corrected chi connectivity index (χ0v) is 18.8. The number of carbonyl (C=O) groups excluding carboxylic acids is 1. The predicted molar refractivity (Wildman–Crippen MR) is 116 cm³/mol. The van der Waals surface area contributed by atoms with Gasteiger partial charge in [0.2, 0.25) is 10.0 Å². The van der Waals surface area contributed by atoms with Crippen molar-refractivity contribution in [3.8, 4) is 11.5 Å². The summed E-state index contributed by atoms with van der Waals surface area (Å²) >= 11 is 6.17. The summed E-state index contributed by atoms with van der Waals surface area (Å²) in [6.45, 7) is 2.75. The van der Waals surface area contributed by atoms with Crippen molar-refractivity contribution < 1.29 is 22.7 Å². The molecule has 3 rings (SSSR count). The topological polar surface area (TPSA) is 84.9 Å². The molecule has 1 N–H and O–H groups in total. The first kappa shape index (κ1) is 22.4. The van der Waals surface area contributed by atoms with E-state index in [0.717, 1.165) is 19.3 Å². The zero-order chi connectivity index (χ0) is 21.9. The van der Waals surface area contributed by atoms with E-state index in [1.54, 1.807) is 25.1 Å². The van der Waals surface area contributed by atoms with Gasteiger partial charge in [0.25, 0.3) is 5.91 Å². The van der Waals surface area contributed by atoms with Crippen LogP contribution in [0.5, 0.6) is 11.5 Å². The van der Waals surface area contributed by atoms with Gasteiger partial charge in [-0.3, -0.25) is 4.79 Å². The van der Waals surface area contributed by atoms with Crippen LogP contribution in [-0.4, -0.2) is 45.9 Å². The summed E-state index contributed by atoms with van der Waals surface area (Å²) in [6, 6.07) is 7.71. The smallest absolute Gasteiger partial charge is 0.256 e. The Hall–Kier alpha value is -2.29. The molecule has 0 aliphatic carbocycles. The monoisotopic (exact) mass is 452 g/mol. The Labute approximate surface area is 182 Å². The summed E-state index contributed by atoms with van der Waals surface area (Å²) in [4.78, 5) is 13.1. The highest BCUT2D eigenvalue weighted by Gasteiger charge is 2.27. The summed E-state index contributed by atoms with van der Waals surface area (Å²) in [5.74, 6) is 0.333. The van der Waals surface area contributed by atoms with Crippen LogP contribution in [0, 0.1) is 6.92 Å². The molecular formula is C21H25ClN2O5S. The van der Waals surface area contributed by atoms with E-state index in [2.05, 4.69) is 5.32 Å². The van der Waals surface area contributed by atoms with Crippen molar-refractivity contribution in [1.82, 2.24) is 4.31 Å². The molecule has 0 unspecified atom stereocenters. The fourth-order valence-electron chi connectivity index (χ4n) is 3.41. The van der Waals surface area contributed by atoms with Gasteiger partial charge in [-0.05, 0) is 43.5 Å². The number of nitrogens with one attached hydrogen (secondary N) is 1. The first-order valence-corrected chi connectivity index (χ1v) is 11.4. The van der Waals surface area contributed by atoms with E-state index in [0.29, 0.717) is 40.9 Å². The highest BCUT2D eigenvalue weighted by molar-refractivity contribution is 7.89. The normalized spacial score (nSPS) is 14.9. The van der Waals surface area contributed by atoms with Gasteiger partial charge in [-0.15, -0.1) is 0 Å². The molecule has 30 heavy (non-hydrogen) atoms. The van der Waals surface area contributed by atoms with Gasteiger partial charge in [0, 0.05) is 24.7 Å². The van der Waals surface area contributed by atoms with Crippen LogP contribution in [0.4, 0.5) is 5.69 Å². The van der Waals surface area contributed by atoms with Crippen molar-refractivity contribution >= 4 is 33.2 Å². The number of hydrogen-bond donors (Lipinski definition) is 1. The number of carbonyl (C=O) groups is 1. The van der Waals surface area contributed by atoms with Gasteiger partial charge in [-0.25, -0.2) is 8.42 Å². The largest absolute Gasteiger partial charge is 0.495 e. The molecule has 1 fully saturated rings. The summed E-state index contributed by atoms with van der Waals surface area (Å²) in [5.41, 5.74) is 1.28. The molecule has 1 saturated heterocycles. The average molecular weight is 453 g/mol. The summed E-state index contributed by atoms with van der Waals surface area (Å²) < 4.78 is 37.9.